The standard InChI is InChI=1S/C7H8N/c1-2-6-4-5-7(3-1)8-6/h1-2,4-5,7-8H,3H2. The van der Waals surface area contributed by atoms with Crippen molar-refractivity contribution in [2.24, 2.45) is 0 Å². The highest BCUT2D eigenvalue weighted by molar-refractivity contribution is 5.32. The lowest BCUT2D eigenvalue weighted by molar-refractivity contribution is 0.666. The van der Waals surface area contributed by atoms with Crippen molar-refractivity contribution in [3.05, 3.63) is 30.3 Å². The lowest BCUT2D eigenvalue weighted by atomic mass is 10.2. The van der Waals surface area contributed by atoms with Gasteiger partial charge in [0.2, 0.25) is 0 Å². The molecule has 2 aliphatic rings. The van der Waals surface area contributed by atoms with Crippen LogP contribution in [0.3, 0.4) is 0 Å². The second-order valence-corrected chi connectivity index (χ2v) is 2.20. The average molecular weight is 106 g/mol. The van der Waals surface area contributed by atoms with Crippen molar-refractivity contribution in [2.75, 3.05) is 0 Å². The molecule has 1 N–H and O–H groups in total. The first-order valence-corrected chi connectivity index (χ1v) is 2.93. The van der Waals surface area contributed by atoms with Crippen molar-refractivity contribution in [3.8, 4) is 0 Å². The molecule has 8 heavy (non-hydrogen) atoms. The lowest BCUT2D eigenvalue weighted by Gasteiger charge is -2.13. The zero-order chi connectivity index (χ0) is 5.40. The molecule has 1 radical (unpaired) electrons. The van der Waals surface area contributed by atoms with Crippen LogP contribution in [-0.4, -0.2) is 6.04 Å². The normalized spacial score (nSPS) is 34.2. The molecule has 1 heteroatoms. The summed E-state index contributed by atoms with van der Waals surface area (Å²) in [5.41, 5.74) is 0. The summed E-state index contributed by atoms with van der Waals surface area (Å²) in [6.07, 6.45) is 9.82. The van der Waals surface area contributed by atoms with Crippen LogP contribution < -0.4 is 5.32 Å². The molecule has 0 saturated carbocycles. The number of fused-ring (bicyclic) bond motifs is 2. The van der Waals surface area contributed by atoms with Crippen LogP contribution in [-0.2, 0) is 0 Å². The predicted molar refractivity (Wildman–Crippen MR) is 33.1 cm³/mol. The zero-order valence-electron chi connectivity index (χ0n) is 4.59. The van der Waals surface area contributed by atoms with E-state index in [4.69, 9.17) is 0 Å². The first-order chi connectivity index (χ1) is 3.95. The molecule has 0 spiro atoms. The van der Waals surface area contributed by atoms with E-state index >= 15 is 0 Å². The van der Waals surface area contributed by atoms with Crippen LogP contribution in [0.4, 0.5) is 0 Å². The van der Waals surface area contributed by atoms with Crippen LogP contribution >= 0.6 is 0 Å². The third kappa shape index (κ3) is 0.514. The molecule has 0 saturated heterocycles. The molecule has 1 nitrogen and oxygen atoms in total. The number of hydrogen-bond donors (Lipinski definition) is 1. The van der Waals surface area contributed by atoms with Gasteiger partial charge in [0.05, 0.1) is 6.04 Å². The van der Waals surface area contributed by atoms with E-state index in [1.807, 2.05) is 0 Å². The van der Waals surface area contributed by atoms with Gasteiger partial charge in [0.25, 0.3) is 0 Å². The molecule has 0 amide bonds. The maximum atomic E-state index is 3.31. The maximum absolute atomic E-state index is 3.31. The average Bonchev–Trinajstić information content (AvgIpc) is 2.12. The van der Waals surface area contributed by atoms with E-state index in [0.29, 0.717) is 6.04 Å². The molecule has 2 rings (SSSR count). The van der Waals surface area contributed by atoms with E-state index in [1.165, 1.54) is 6.04 Å². The van der Waals surface area contributed by atoms with Gasteiger partial charge in [0.15, 0.2) is 0 Å². The Labute approximate surface area is 49.1 Å². The minimum atomic E-state index is 0.606. The van der Waals surface area contributed by atoms with E-state index in [2.05, 4.69) is 29.6 Å². The van der Waals surface area contributed by atoms with Gasteiger partial charge in [-0.2, -0.15) is 0 Å². The van der Waals surface area contributed by atoms with Gasteiger partial charge >= 0.3 is 0 Å². The monoisotopic (exact) mass is 106 g/mol. The second-order valence-electron chi connectivity index (χ2n) is 2.20. The third-order valence-electron chi connectivity index (χ3n) is 1.55. The number of rotatable bonds is 0. The summed E-state index contributed by atoms with van der Waals surface area (Å²) < 4.78 is 0. The van der Waals surface area contributed by atoms with Gasteiger partial charge in [-0.05, 0) is 6.42 Å². The molecular formula is C7H8N. The Morgan fingerprint density at radius 1 is 1.50 bits per heavy atom. The Bertz CT molecular complexity index is 144. The van der Waals surface area contributed by atoms with Crippen LogP contribution in [0.2, 0.25) is 0 Å². The van der Waals surface area contributed by atoms with E-state index in [-0.39, 0.29) is 0 Å². The molecule has 0 aromatic carbocycles. The molecule has 41 valence electrons. The minimum absolute atomic E-state index is 0.606. The topological polar surface area (TPSA) is 12.0 Å². The molecule has 0 fully saturated rings. The fraction of sp³-hybridized carbons (Fsp3) is 0.286. The summed E-state index contributed by atoms with van der Waals surface area (Å²) in [5.74, 6) is 0. The third-order valence-corrected chi connectivity index (χ3v) is 1.55. The molecular weight excluding hydrogens is 98.1 g/mol. The van der Waals surface area contributed by atoms with E-state index in [9.17, 15) is 0 Å². The van der Waals surface area contributed by atoms with Gasteiger partial charge in [0, 0.05) is 6.04 Å². The Morgan fingerprint density at radius 2 is 2.50 bits per heavy atom. The van der Waals surface area contributed by atoms with Gasteiger partial charge < -0.3 is 0 Å². The fourth-order valence-electron chi connectivity index (χ4n) is 1.11. The molecule has 2 heterocycles. The van der Waals surface area contributed by atoms with Crippen molar-refractivity contribution < 1.29 is 0 Å². The predicted octanol–water partition coefficient (Wildman–Crippen LogP) is 1.01. The Morgan fingerprint density at radius 3 is 3.25 bits per heavy atom. The minimum Gasteiger partial charge on any atom is -0.296 e. The van der Waals surface area contributed by atoms with Crippen molar-refractivity contribution in [1.82, 2.24) is 5.32 Å². The van der Waals surface area contributed by atoms with Gasteiger partial charge in [0.1, 0.15) is 0 Å². The summed E-state index contributed by atoms with van der Waals surface area (Å²) in [5, 5.41) is 3.31. The van der Waals surface area contributed by atoms with Crippen molar-refractivity contribution in [3.63, 3.8) is 0 Å². The van der Waals surface area contributed by atoms with Crippen molar-refractivity contribution >= 4 is 0 Å². The quantitative estimate of drug-likeness (QED) is 0.486. The summed E-state index contributed by atoms with van der Waals surface area (Å²) in [6, 6.07) is 1.87. The van der Waals surface area contributed by atoms with Crippen molar-refractivity contribution in [2.45, 2.75) is 12.5 Å². The Hall–Kier alpha value is -0.560. The highest BCUT2D eigenvalue weighted by Gasteiger charge is 2.17. The molecule has 0 aliphatic carbocycles. The first-order valence-electron chi connectivity index (χ1n) is 2.93. The van der Waals surface area contributed by atoms with Gasteiger partial charge in [-0.3, -0.25) is 5.32 Å². The summed E-state index contributed by atoms with van der Waals surface area (Å²) in [6.45, 7) is 0. The molecule has 0 aromatic heterocycles. The van der Waals surface area contributed by atoms with Crippen LogP contribution in [0.1, 0.15) is 6.42 Å². The first kappa shape index (κ1) is 4.33. The van der Waals surface area contributed by atoms with Crippen LogP contribution in [0, 0.1) is 6.04 Å². The van der Waals surface area contributed by atoms with Crippen LogP contribution in [0.15, 0.2) is 24.3 Å². The fourth-order valence-corrected chi connectivity index (χ4v) is 1.11. The van der Waals surface area contributed by atoms with E-state index < -0.39 is 0 Å². The number of hydrogen-bond acceptors (Lipinski definition) is 1. The Kier molecular flexibility index (Phi) is 0.788. The largest absolute Gasteiger partial charge is 0.296 e. The maximum Gasteiger partial charge on any atom is 0.0813 e. The van der Waals surface area contributed by atoms with Gasteiger partial charge in [-0.15, -0.1) is 0 Å². The van der Waals surface area contributed by atoms with Crippen LogP contribution in [0.5, 0.6) is 0 Å². The molecule has 2 bridgehead atoms. The van der Waals surface area contributed by atoms with E-state index in [0.717, 1.165) is 6.42 Å². The summed E-state index contributed by atoms with van der Waals surface area (Å²) in [7, 11) is 0. The van der Waals surface area contributed by atoms with Crippen LogP contribution in [0.25, 0.3) is 0 Å². The summed E-state index contributed by atoms with van der Waals surface area (Å²) >= 11 is 0. The second kappa shape index (κ2) is 1.46. The lowest BCUT2D eigenvalue weighted by Crippen LogP contribution is -2.26. The zero-order valence-corrected chi connectivity index (χ0v) is 4.59. The summed E-state index contributed by atoms with van der Waals surface area (Å²) in [4.78, 5) is 0. The van der Waals surface area contributed by atoms with E-state index in [1.54, 1.807) is 0 Å². The molecule has 2 aliphatic heterocycles. The highest BCUT2D eigenvalue weighted by Crippen LogP contribution is 2.18. The van der Waals surface area contributed by atoms with Crippen molar-refractivity contribution in [1.29, 1.82) is 0 Å². The molecule has 1 atom stereocenters. The number of nitrogens with one attached hydrogen (secondary N) is 1. The smallest absolute Gasteiger partial charge is 0.0813 e. The molecule has 1 unspecified atom stereocenters. The van der Waals surface area contributed by atoms with Gasteiger partial charge in [-0.1, -0.05) is 24.3 Å². The SMILES string of the molecule is C1=C[C]2C=CC(C1)N2. The van der Waals surface area contributed by atoms with Gasteiger partial charge in [-0.25, -0.2) is 0 Å². The molecule has 0 aromatic rings. The Balaban J connectivity index is 2.28. The highest BCUT2D eigenvalue weighted by atomic mass is 15.0.